The summed E-state index contributed by atoms with van der Waals surface area (Å²) in [5.74, 6) is 2.67. The Hall–Kier alpha value is -1.91. The van der Waals surface area contributed by atoms with E-state index in [2.05, 4.69) is 16.7 Å². The molecule has 132 valence electrons. The molecule has 3 atom stereocenters. The molecule has 2 saturated carbocycles. The molecular weight excluding hydrogens is 304 g/mol. The SMILES string of the molecule is CC(C)(C)OC(=O)NCCOc1cccc(NC2CC[C@H]3C[C@@H]23)c1. The monoisotopic (exact) mass is 332 g/mol. The topological polar surface area (TPSA) is 59.6 Å². The van der Waals surface area contributed by atoms with Crippen LogP contribution in [-0.2, 0) is 4.74 Å². The van der Waals surface area contributed by atoms with Gasteiger partial charge in [0.15, 0.2) is 0 Å². The first-order chi connectivity index (χ1) is 11.4. The lowest BCUT2D eigenvalue weighted by molar-refractivity contribution is 0.0520. The Morgan fingerprint density at radius 1 is 1.29 bits per heavy atom. The molecule has 3 rings (SSSR count). The fourth-order valence-corrected chi connectivity index (χ4v) is 3.41. The van der Waals surface area contributed by atoms with Crippen molar-refractivity contribution in [2.75, 3.05) is 18.5 Å². The zero-order chi connectivity index (χ0) is 17.2. The molecule has 0 bridgehead atoms. The minimum Gasteiger partial charge on any atom is -0.492 e. The second kappa shape index (κ2) is 6.91. The van der Waals surface area contributed by atoms with E-state index >= 15 is 0 Å². The molecule has 24 heavy (non-hydrogen) atoms. The lowest BCUT2D eigenvalue weighted by Crippen LogP contribution is -2.34. The number of anilines is 1. The third-order valence-electron chi connectivity index (χ3n) is 4.57. The van der Waals surface area contributed by atoms with Crippen molar-refractivity contribution < 1.29 is 14.3 Å². The van der Waals surface area contributed by atoms with Crippen molar-refractivity contribution in [3.63, 3.8) is 0 Å². The van der Waals surface area contributed by atoms with E-state index in [1.165, 1.54) is 19.3 Å². The summed E-state index contributed by atoms with van der Waals surface area (Å²) in [6.07, 6.45) is 3.63. The predicted octanol–water partition coefficient (Wildman–Crippen LogP) is 3.80. The average Bonchev–Trinajstić information content (AvgIpc) is 3.18. The fourth-order valence-electron chi connectivity index (χ4n) is 3.41. The zero-order valence-electron chi connectivity index (χ0n) is 14.8. The van der Waals surface area contributed by atoms with E-state index < -0.39 is 11.7 Å². The van der Waals surface area contributed by atoms with Crippen molar-refractivity contribution in [2.45, 2.75) is 51.7 Å². The summed E-state index contributed by atoms with van der Waals surface area (Å²) in [5, 5.41) is 6.33. The molecular formula is C19H28N2O3. The highest BCUT2D eigenvalue weighted by molar-refractivity contribution is 5.67. The Morgan fingerprint density at radius 3 is 2.79 bits per heavy atom. The van der Waals surface area contributed by atoms with Crippen molar-refractivity contribution in [1.29, 1.82) is 0 Å². The molecule has 1 aromatic carbocycles. The number of nitrogens with one attached hydrogen (secondary N) is 2. The van der Waals surface area contributed by atoms with Gasteiger partial charge >= 0.3 is 6.09 Å². The van der Waals surface area contributed by atoms with Crippen molar-refractivity contribution in [1.82, 2.24) is 5.32 Å². The standard InChI is InChI=1S/C19H28N2O3/c1-19(2,3)24-18(22)20-9-10-23-15-6-4-5-14(12-15)21-17-8-7-13-11-16(13)17/h4-6,12-13,16-17,21H,7-11H2,1-3H3,(H,20,22)/t13-,16+,17?/m0/s1. The highest BCUT2D eigenvalue weighted by Crippen LogP contribution is 2.52. The van der Waals surface area contributed by atoms with Gasteiger partial charge in [0.05, 0.1) is 6.54 Å². The van der Waals surface area contributed by atoms with Crippen LogP contribution in [0.2, 0.25) is 0 Å². The van der Waals surface area contributed by atoms with Crippen molar-refractivity contribution in [3.05, 3.63) is 24.3 Å². The van der Waals surface area contributed by atoms with Crippen LogP contribution in [0.25, 0.3) is 0 Å². The first-order valence-corrected chi connectivity index (χ1v) is 8.87. The molecule has 1 unspecified atom stereocenters. The second-order valence-corrected chi connectivity index (χ2v) is 7.79. The van der Waals surface area contributed by atoms with Gasteiger partial charge < -0.3 is 20.1 Å². The van der Waals surface area contributed by atoms with Crippen LogP contribution in [0, 0.1) is 11.8 Å². The van der Waals surface area contributed by atoms with Crippen molar-refractivity contribution >= 4 is 11.8 Å². The van der Waals surface area contributed by atoms with E-state index in [-0.39, 0.29) is 0 Å². The van der Waals surface area contributed by atoms with Gasteiger partial charge in [-0.3, -0.25) is 0 Å². The maximum absolute atomic E-state index is 11.6. The number of carbonyl (C=O) groups excluding carboxylic acids is 1. The van der Waals surface area contributed by atoms with Gasteiger partial charge in [0.25, 0.3) is 0 Å². The molecule has 0 aliphatic heterocycles. The molecule has 2 aliphatic rings. The van der Waals surface area contributed by atoms with E-state index in [1.807, 2.05) is 39.0 Å². The lowest BCUT2D eigenvalue weighted by Gasteiger charge is -2.19. The molecule has 2 fully saturated rings. The van der Waals surface area contributed by atoms with E-state index in [4.69, 9.17) is 9.47 Å². The number of fused-ring (bicyclic) bond motifs is 1. The number of amides is 1. The number of alkyl carbamates (subject to hydrolysis) is 1. The van der Waals surface area contributed by atoms with Gasteiger partial charge in [-0.25, -0.2) is 4.79 Å². The summed E-state index contributed by atoms with van der Waals surface area (Å²) < 4.78 is 10.9. The van der Waals surface area contributed by atoms with E-state index in [1.54, 1.807) is 0 Å². The first kappa shape index (κ1) is 16.9. The molecule has 5 heteroatoms. The normalized spacial score (nSPS) is 24.9. The van der Waals surface area contributed by atoms with Crippen molar-refractivity contribution in [3.8, 4) is 5.75 Å². The summed E-state index contributed by atoms with van der Waals surface area (Å²) in [6, 6.07) is 8.68. The van der Waals surface area contributed by atoms with Gasteiger partial charge in [0.1, 0.15) is 18.0 Å². The molecule has 0 spiro atoms. The Morgan fingerprint density at radius 2 is 2.12 bits per heavy atom. The molecule has 0 aromatic heterocycles. The van der Waals surface area contributed by atoms with Gasteiger partial charge in [-0.2, -0.15) is 0 Å². The van der Waals surface area contributed by atoms with Crippen LogP contribution >= 0.6 is 0 Å². The molecule has 5 nitrogen and oxygen atoms in total. The van der Waals surface area contributed by atoms with Gasteiger partial charge in [-0.15, -0.1) is 0 Å². The largest absolute Gasteiger partial charge is 0.492 e. The van der Waals surface area contributed by atoms with E-state index in [0.29, 0.717) is 19.2 Å². The summed E-state index contributed by atoms with van der Waals surface area (Å²) in [5.41, 5.74) is 0.635. The van der Waals surface area contributed by atoms with Gasteiger partial charge in [0, 0.05) is 17.8 Å². The molecule has 0 saturated heterocycles. The van der Waals surface area contributed by atoms with Gasteiger partial charge in [-0.05, 0) is 64.0 Å². The Balaban J connectivity index is 1.39. The summed E-state index contributed by atoms with van der Waals surface area (Å²) in [7, 11) is 0. The van der Waals surface area contributed by atoms with Crippen LogP contribution in [-0.4, -0.2) is 30.9 Å². The number of hydrogen-bond acceptors (Lipinski definition) is 4. The van der Waals surface area contributed by atoms with Crippen LogP contribution in [0.1, 0.15) is 40.0 Å². The number of ether oxygens (including phenoxy) is 2. The Labute approximate surface area is 144 Å². The zero-order valence-corrected chi connectivity index (χ0v) is 14.8. The molecule has 2 aliphatic carbocycles. The highest BCUT2D eigenvalue weighted by atomic mass is 16.6. The molecule has 1 aromatic rings. The van der Waals surface area contributed by atoms with E-state index in [0.717, 1.165) is 23.3 Å². The highest BCUT2D eigenvalue weighted by Gasteiger charge is 2.47. The van der Waals surface area contributed by atoms with Crippen LogP contribution in [0.15, 0.2) is 24.3 Å². The summed E-state index contributed by atoms with van der Waals surface area (Å²) in [4.78, 5) is 11.6. The summed E-state index contributed by atoms with van der Waals surface area (Å²) >= 11 is 0. The molecule has 0 heterocycles. The average molecular weight is 332 g/mol. The fraction of sp³-hybridized carbons (Fsp3) is 0.632. The maximum atomic E-state index is 11.6. The minimum absolute atomic E-state index is 0.414. The smallest absolute Gasteiger partial charge is 0.407 e. The van der Waals surface area contributed by atoms with Crippen LogP contribution in [0.3, 0.4) is 0 Å². The number of hydrogen-bond donors (Lipinski definition) is 2. The molecule has 2 N–H and O–H groups in total. The quantitative estimate of drug-likeness (QED) is 0.778. The predicted molar refractivity (Wildman–Crippen MR) is 94.4 cm³/mol. The summed E-state index contributed by atoms with van der Waals surface area (Å²) in [6.45, 7) is 6.36. The molecule has 0 radical (unpaired) electrons. The van der Waals surface area contributed by atoms with Gasteiger partial charge in [-0.1, -0.05) is 6.07 Å². The second-order valence-electron chi connectivity index (χ2n) is 7.79. The van der Waals surface area contributed by atoms with Gasteiger partial charge in [0.2, 0.25) is 0 Å². The third-order valence-corrected chi connectivity index (χ3v) is 4.57. The number of rotatable bonds is 6. The van der Waals surface area contributed by atoms with Crippen molar-refractivity contribution in [2.24, 2.45) is 11.8 Å². The lowest BCUT2D eigenvalue weighted by atomic mass is 10.1. The Bertz CT molecular complexity index is 582. The first-order valence-electron chi connectivity index (χ1n) is 8.87. The Kier molecular flexibility index (Phi) is 4.88. The third kappa shape index (κ3) is 4.79. The van der Waals surface area contributed by atoms with E-state index in [9.17, 15) is 4.79 Å². The minimum atomic E-state index is -0.480. The van der Waals surface area contributed by atoms with Crippen LogP contribution in [0.5, 0.6) is 5.75 Å². The maximum Gasteiger partial charge on any atom is 0.407 e. The van der Waals surface area contributed by atoms with Crippen LogP contribution < -0.4 is 15.4 Å². The number of benzene rings is 1. The molecule has 1 amide bonds. The number of carbonyl (C=O) groups is 1. The van der Waals surface area contributed by atoms with Crippen LogP contribution in [0.4, 0.5) is 10.5 Å².